The monoisotopic (exact) mass is 200 g/mol. The Kier molecular flexibility index (Phi) is 4.86. The summed E-state index contributed by atoms with van der Waals surface area (Å²) in [6, 6.07) is 0. The van der Waals surface area contributed by atoms with Gasteiger partial charge in [0.25, 0.3) is 0 Å². The van der Waals surface area contributed by atoms with Crippen LogP contribution in [0.1, 0.15) is 46.0 Å². The number of ketones is 1. The summed E-state index contributed by atoms with van der Waals surface area (Å²) in [6.45, 7) is 4.37. The largest absolute Gasteiger partial charge is 0.299 e. The van der Waals surface area contributed by atoms with Crippen LogP contribution >= 0.6 is 11.8 Å². The van der Waals surface area contributed by atoms with Crippen molar-refractivity contribution < 1.29 is 4.79 Å². The molecule has 0 spiro atoms. The van der Waals surface area contributed by atoms with Crippen LogP contribution in [0.5, 0.6) is 0 Å². The van der Waals surface area contributed by atoms with Crippen molar-refractivity contribution in [2.45, 2.75) is 51.2 Å². The van der Waals surface area contributed by atoms with Crippen LogP contribution in [0.3, 0.4) is 0 Å². The topological polar surface area (TPSA) is 17.1 Å². The summed E-state index contributed by atoms with van der Waals surface area (Å²) < 4.78 is 0. The molecular weight excluding hydrogens is 180 g/mol. The molecule has 1 aliphatic carbocycles. The summed E-state index contributed by atoms with van der Waals surface area (Å²) in [7, 11) is 0. The first-order chi connectivity index (χ1) is 6.22. The molecule has 0 heterocycles. The summed E-state index contributed by atoms with van der Waals surface area (Å²) in [5, 5.41) is 0.644. The van der Waals surface area contributed by atoms with Crippen molar-refractivity contribution in [1.29, 1.82) is 0 Å². The highest BCUT2D eigenvalue weighted by atomic mass is 32.2. The molecular formula is C11H20OS. The van der Waals surface area contributed by atoms with Gasteiger partial charge in [0.2, 0.25) is 0 Å². The lowest BCUT2D eigenvalue weighted by Crippen LogP contribution is -2.17. The van der Waals surface area contributed by atoms with Crippen LogP contribution in [0, 0.1) is 5.92 Å². The van der Waals surface area contributed by atoms with Gasteiger partial charge in [-0.1, -0.05) is 33.1 Å². The SMILES string of the molecule is CCC(C)SCC(=O)CC1CCC1. The van der Waals surface area contributed by atoms with E-state index in [9.17, 15) is 4.79 Å². The minimum absolute atomic E-state index is 0.468. The van der Waals surface area contributed by atoms with E-state index in [1.165, 1.54) is 25.7 Å². The second-order valence-electron chi connectivity index (χ2n) is 4.07. The van der Waals surface area contributed by atoms with Crippen LogP contribution in [0.25, 0.3) is 0 Å². The average molecular weight is 200 g/mol. The molecule has 0 amide bonds. The molecule has 1 fully saturated rings. The first kappa shape index (κ1) is 11.1. The van der Waals surface area contributed by atoms with Crippen LogP contribution in [-0.4, -0.2) is 16.8 Å². The van der Waals surface area contributed by atoms with Gasteiger partial charge in [0, 0.05) is 11.7 Å². The van der Waals surface area contributed by atoms with Gasteiger partial charge in [-0.3, -0.25) is 4.79 Å². The fraction of sp³-hybridized carbons (Fsp3) is 0.909. The molecule has 2 heteroatoms. The fourth-order valence-electron chi connectivity index (χ4n) is 1.43. The highest BCUT2D eigenvalue weighted by molar-refractivity contribution is 8.00. The highest BCUT2D eigenvalue weighted by Gasteiger charge is 2.20. The third-order valence-corrected chi connectivity index (χ3v) is 4.24. The predicted octanol–water partition coefficient (Wildman–Crippen LogP) is 3.28. The standard InChI is InChI=1S/C11H20OS/c1-3-9(2)13-8-11(12)7-10-5-4-6-10/h9-10H,3-8H2,1-2H3. The Morgan fingerprint density at radius 2 is 2.23 bits per heavy atom. The molecule has 1 rings (SSSR count). The number of carbonyl (C=O) groups is 1. The molecule has 1 atom stereocenters. The molecule has 1 nitrogen and oxygen atoms in total. The van der Waals surface area contributed by atoms with Gasteiger partial charge in [0.15, 0.2) is 0 Å². The number of thioether (sulfide) groups is 1. The van der Waals surface area contributed by atoms with Crippen LogP contribution in [0.2, 0.25) is 0 Å². The van der Waals surface area contributed by atoms with Gasteiger partial charge in [0.1, 0.15) is 5.78 Å². The third-order valence-electron chi connectivity index (χ3n) is 2.84. The van der Waals surface area contributed by atoms with Crippen molar-refractivity contribution in [2.24, 2.45) is 5.92 Å². The summed E-state index contributed by atoms with van der Waals surface area (Å²) in [6.07, 6.45) is 5.95. The van der Waals surface area contributed by atoms with E-state index >= 15 is 0 Å². The van der Waals surface area contributed by atoms with Gasteiger partial charge in [-0.15, -0.1) is 0 Å². The van der Waals surface area contributed by atoms with E-state index in [1.54, 1.807) is 0 Å². The number of hydrogen-bond acceptors (Lipinski definition) is 2. The summed E-state index contributed by atoms with van der Waals surface area (Å²) in [5.41, 5.74) is 0. The molecule has 76 valence electrons. The number of carbonyl (C=O) groups excluding carboxylic acids is 1. The second kappa shape index (κ2) is 5.69. The molecule has 0 aromatic carbocycles. The Morgan fingerprint density at radius 1 is 1.54 bits per heavy atom. The lowest BCUT2D eigenvalue weighted by atomic mass is 9.82. The maximum atomic E-state index is 11.4. The van der Waals surface area contributed by atoms with E-state index in [0.29, 0.717) is 11.0 Å². The normalized spacial score (nSPS) is 19.5. The van der Waals surface area contributed by atoms with E-state index in [1.807, 2.05) is 11.8 Å². The quantitative estimate of drug-likeness (QED) is 0.654. The summed E-state index contributed by atoms with van der Waals surface area (Å²) in [5.74, 6) is 1.95. The molecule has 0 aliphatic heterocycles. The molecule has 0 saturated heterocycles. The molecule has 1 aliphatic rings. The van der Waals surface area contributed by atoms with Crippen LogP contribution in [0.15, 0.2) is 0 Å². The smallest absolute Gasteiger partial charge is 0.143 e. The van der Waals surface area contributed by atoms with E-state index in [4.69, 9.17) is 0 Å². The van der Waals surface area contributed by atoms with Crippen LogP contribution in [-0.2, 0) is 4.79 Å². The van der Waals surface area contributed by atoms with Crippen LogP contribution < -0.4 is 0 Å². The Bertz CT molecular complexity index is 163. The molecule has 1 unspecified atom stereocenters. The van der Waals surface area contributed by atoms with E-state index in [2.05, 4.69) is 13.8 Å². The first-order valence-corrected chi connectivity index (χ1v) is 6.40. The van der Waals surface area contributed by atoms with Crippen molar-refractivity contribution in [3.05, 3.63) is 0 Å². The van der Waals surface area contributed by atoms with E-state index in [0.717, 1.165) is 18.1 Å². The Hall–Kier alpha value is 0.0200. The number of rotatable bonds is 6. The Labute approximate surface area is 85.7 Å². The maximum Gasteiger partial charge on any atom is 0.143 e. The molecule has 0 radical (unpaired) electrons. The maximum absolute atomic E-state index is 11.4. The van der Waals surface area contributed by atoms with Gasteiger partial charge in [-0.05, 0) is 12.3 Å². The third kappa shape index (κ3) is 4.17. The van der Waals surface area contributed by atoms with Gasteiger partial charge in [0.05, 0.1) is 5.75 Å². The molecule has 0 bridgehead atoms. The van der Waals surface area contributed by atoms with Crippen molar-refractivity contribution in [3.63, 3.8) is 0 Å². The Balaban J connectivity index is 2.03. The molecule has 1 saturated carbocycles. The van der Waals surface area contributed by atoms with Gasteiger partial charge in [-0.2, -0.15) is 11.8 Å². The Morgan fingerprint density at radius 3 is 2.69 bits per heavy atom. The molecule has 0 aromatic rings. The lowest BCUT2D eigenvalue weighted by molar-refractivity contribution is -0.118. The van der Waals surface area contributed by atoms with Crippen molar-refractivity contribution in [3.8, 4) is 0 Å². The van der Waals surface area contributed by atoms with Gasteiger partial charge < -0.3 is 0 Å². The van der Waals surface area contributed by atoms with E-state index in [-0.39, 0.29) is 0 Å². The van der Waals surface area contributed by atoms with E-state index < -0.39 is 0 Å². The average Bonchev–Trinajstić information content (AvgIpc) is 2.07. The number of Topliss-reactive ketones (excluding diaryl/α,β-unsaturated/α-hetero) is 1. The molecule has 0 N–H and O–H groups in total. The van der Waals surface area contributed by atoms with Crippen LogP contribution in [0.4, 0.5) is 0 Å². The fourth-order valence-corrected chi connectivity index (χ4v) is 2.25. The molecule has 0 aromatic heterocycles. The predicted molar refractivity (Wildman–Crippen MR) is 59.2 cm³/mol. The zero-order valence-corrected chi connectivity index (χ0v) is 9.53. The summed E-state index contributed by atoms with van der Waals surface area (Å²) in [4.78, 5) is 11.4. The first-order valence-electron chi connectivity index (χ1n) is 5.35. The van der Waals surface area contributed by atoms with Crippen molar-refractivity contribution in [2.75, 3.05) is 5.75 Å². The summed E-state index contributed by atoms with van der Waals surface area (Å²) >= 11 is 1.81. The van der Waals surface area contributed by atoms with Gasteiger partial charge >= 0.3 is 0 Å². The van der Waals surface area contributed by atoms with Gasteiger partial charge in [-0.25, -0.2) is 0 Å². The van der Waals surface area contributed by atoms with Crippen molar-refractivity contribution in [1.82, 2.24) is 0 Å². The zero-order chi connectivity index (χ0) is 9.68. The number of hydrogen-bond donors (Lipinski definition) is 0. The zero-order valence-electron chi connectivity index (χ0n) is 8.71. The highest BCUT2D eigenvalue weighted by Crippen LogP contribution is 2.30. The van der Waals surface area contributed by atoms with Crippen molar-refractivity contribution >= 4 is 17.5 Å². The minimum atomic E-state index is 0.468. The minimum Gasteiger partial charge on any atom is -0.299 e. The molecule has 13 heavy (non-hydrogen) atoms. The second-order valence-corrected chi connectivity index (χ2v) is 5.50. The lowest BCUT2D eigenvalue weighted by Gasteiger charge is -2.24.